The van der Waals surface area contributed by atoms with Crippen LogP contribution in [0.3, 0.4) is 0 Å². The highest BCUT2D eigenvalue weighted by atomic mass is 16.7. The van der Waals surface area contributed by atoms with Gasteiger partial charge in [-0.2, -0.15) is 5.26 Å². The summed E-state index contributed by atoms with van der Waals surface area (Å²) in [6, 6.07) is 14.5. The van der Waals surface area contributed by atoms with E-state index in [9.17, 15) is 9.59 Å². The maximum absolute atomic E-state index is 12.6. The van der Waals surface area contributed by atoms with Crippen molar-refractivity contribution in [1.29, 1.82) is 5.26 Å². The van der Waals surface area contributed by atoms with Gasteiger partial charge in [0.2, 0.25) is 12.7 Å². The summed E-state index contributed by atoms with van der Waals surface area (Å²) in [4.78, 5) is 26.8. The second-order valence-corrected chi connectivity index (χ2v) is 7.48. The van der Waals surface area contributed by atoms with Gasteiger partial charge in [-0.25, -0.2) is 0 Å². The van der Waals surface area contributed by atoms with Crippen molar-refractivity contribution in [2.45, 2.75) is 19.3 Å². The molecule has 8 heteroatoms. The van der Waals surface area contributed by atoms with Crippen molar-refractivity contribution in [3.8, 4) is 23.3 Å². The molecule has 0 bridgehead atoms. The number of rotatable bonds is 6. The van der Waals surface area contributed by atoms with E-state index in [1.807, 2.05) is 12.1 Å². The van der Waals surface area contributed by atoms with Crippen LogP contribution in [0.25, 0.3) is 0 Å². The standard InChI is InChI=1S/C23H23N3O5/c24-10-7-16-1-4-19(5-2-16)29-14-22(27)26-11-8-17(9-12-26)23(28)25-18-3-6-20-21(13-18)31-15-30-20/h1-6,13,17H,7-9,11-12,14-15H2,(H,25,28). The molecule has 0 radical (unpaired) electrons. The molecular weight excluding hydrogens is 398 g/mol. The van der Waals surface area contributed by atoms with Crippen LogP contribution < -0.4 is 19.5 Å². The summed E-state index contributed by atoms with van der Waals surface area (Å²) in [5.74, 6) is 1.58. The van der Waals surface area contributed by atoms with Crippen LogP contribution in [0.5, 0.6) is 17.2 Å². The van der Waals surface area contributed by atoms with Gasteiger partial charge in [0.1, 0.15) is 5.75 Å². The fourth-order valence-corrected chi connectivity index (χ4v) is 3.64. The Morgan fingerprint density at radius 1 is 1.10 bits per heavy atom. The fraction of sp³-hybridized carbons (Fsp3) is 0.348. The first-order valence-electron chi connectivity index (χ1n) is 10.2. The Morgan fingerprint density at radius 2 is 1.84 bits per heavy atom. The number of amides is 2. The lowest BCUT2D eigenvalue weighted by Gasteiger charge is -2.31. The highest BCUT2D eigenvalue weighted by molar-refractivity contribution is 5.93. The highest BCUT2D eigenvalue weighted by Gasteiger charge is 2.28. The molecule has 2 aromatic carbocycles. The lowest BCUT2D eigenvalue weighted by Crippen LogP contribution is -2.43. The van der Waals surface area contributed by atoms with Gasteiger partial charge in [0, 0.05) is 30.8 Å². The van der Waals surface area contributed by atoms with Gasteiger partial charge in [-0.3, -0.25) is 9.59 Å². The first-order chi connectivity index (χ1) is 15.1. The molecule has 31 heavy (non-hydrogen) atoms. The zero-order chi connectivity index (χ0) is 21.6. The molecule has 0 spiro atoms. The molecule has 1 N–H and O–H groups in total. The van der Waals surface area contributed by atoms with E-state index < -0.39 is 0 Å². The minimum atomic E-state index is -0.150. The van der Waals surface area contributed by atoms with E-state index in [0.29, 0.717) is 55.3 Å². The number of carbonyl (C=O) groups is 2. The Kier molecular flexibility index (Phi) is 6.22. The van der Waals surface area contributed by atoms with Gasteiger partial charge in [-0.05, 0) is 42.7 Å². The van der Waals surface area contributed by atoms with E-state index in [2.05, 4.69) is 11.4 Å². The number of fused-ring (bicyclic) bond motifs is 1. The summed E-state index contributed by atoms with van der Waals surface area (Å²) in [5, 5.41) is 11.6. The molecule has 2 aliphatic rings. The number of likely N-dealkylation sites (tertiary alicyclic amines) is 1. The van der Waals surface area contributed by atoms with Gasteiger partial charge in [-0.15, -0.1) is 0 Å². The summed E-state index contributed by atoms with van der Waals surface area (Å²) in [6.45, 7) is 1.17. The van der Waals surface area contributed by atoms with Gasteiger partial charge in [0.15, 0.2) is 18.1 Å². The van der Waals surface area contributed by atoms with Crippen LogP contribution in [0.4, 0.5) is 5.69 Å². The third-order valence-electron chi connectivity index (χ3n) is 5.43. The molecular formula is C23H23N3O5. The maximum Gasteiger partial charge on any atom is 0.260 e. The third kappa shape index (κ3) is 5.07. The molecule has 0 atom stereocenters. The SMILES string of the molecule is N#CCc1ccc(OCC(=O)N2CCC(C(=O)Nc3ccc4c(c3)OCO4)CC2)cc1. The van der Waals surface area contributed by atoms with Crippen molar-refractivity contribution >= 4 is 17.5 Å². The fourth-order valence-electron chi connectivity index (χ4n) is 3.64. The van der Waals surface area contributed by atoms with E-state index in [0.717, 1.165) is 5.56 Å². The molecule has 0 saturated carbocycles. The normalized spacial score (nSPS) is 15.3. The Morgan fingerprint density at radius 3 is 2.58 bits per heavy atom. The zero-order valence-electron chi connectivity index (χ0n) is 17.0. The number of benzene rings is 2. The third-order valence-corrected chi connectivity index (χ3v) is 5.43. The van der Waals surface area contributed by atoms with Crippen molar-refractivity contribution in [2.24, 2.45) is 5.92 Å². The van der Waals surface area contributed by atoms with Crippen molar-refractivity contribution < 1.29 is 23.8 Å². The molecule has 0 aliphatic carbocycles. The molecule has 1 saturated heterocycles. The molecule has 0 unspecified atom stereocenters. The van der Waals surface area contributed by atoms with Crippen molar-refractivity contribution in [3.05, 3.63) is 48.0 Å². The van der Waals surface area contributed by atoms with Crippen LogP contribution in [-0.2, 0) is 16.0 Å². The molecule has 2 heterocycles. The molecule has 1 fully saturated rings. The quantitative estimate of drug-likeness (QED) is 0.770. The largest absolute Gasteiger partial charge is 0.484 e. The summed E-state index contributed by atoms with van der Waals surface area (Å²) >= 11 is 0. The lowest BCUT2D eigenvalue weighted by molar-refractivity contribution is -0.136. The molecule has 2 aliphatic heterocycles. The molecule has 8 nitrogen and oxygen atoms in total. The summed E-state index contributed by atoms with van der Waals surface area (Å²) < 4.78 is 16.2. The predicted octanol–water partition coefficient (Wildman–Crippen LogP) is 2.74. The molecule has 2 amide bonds. The smallest absolute Gasteiger partial charge is 0.260 e. The van der Waals surface area contributed by atoms with E-state index >= 15 is 0 Å². The highest BCUT2D eigenvalue weighted by Crippen LogP contribution is 2.34. The number of ether oxygens (including phenoxy) is 3. The van der Waals surface area contributed by atoms with Crippen molar-refractivity contribution in [1.82, 2.24) is 4.90 Å². The van der Waals surface area contributed by atoms with E-state index in [1.165, 1.54) is 0 Å². The molecule has 0 aromatic heterocycles. The number of carbonyl (C=O) groups excluding carboxylic acids is 2. The van der Waals surface area contributed by atoms with Crippen LogP contribution in [0.2, 0.25) is 0 Å². The lowest BCUT2D eigenvalue weighted by atomic mass is 9.95. The number of anilines is 1. The Balaban J connectivity index is 1.22. The number of piperidine rings is 1. The average Bonchev–Trinajstić information content (AvgIpc) is 3.26. The zero-order valence-corrected chi connectivity index (χ0v) is 17.0. The van der Waals surface area contributed by atoms with Crippen LogP contribution in [0.1, 0.15) is 18.4 Å². The summed E-state index contributed by atoms with van der Waals surface area (Å²) in [7, 11) is 0. The second kappa shape index (κ2) is 9.39. The van der Waals surface area contributed by atoms with E-state index in [1.54, 1.807) is 35.2 Å². The summed E-state index contributed by atoms with van der Waals surface area (Å²) in [5.41, 5.74) is 1.57. The van der Waals surface area contributed by atoms with Gasteiger partial charge in [0.25, 0.3) is 5.91 Å². The summed E-state index contributed by atoms with van der Waals surface area (Å²) in [6.07, 6.45) is 1.55. The van der Waals surface area contributed by atoms with E-state index in [4.69, 9.17) is 19.5 Å². The topological polar surface area (TPSA) is 101 Å². The van der Waals surface area contributed by atoms with Gasteiger partial charge < -0.3 is 24.4 Å². The van der Waals surface area contributed by atoms with Gasteiger partial charge in [0.05, 0.1) is 12.5 Å². The van der Waals surface area contributed by atoms with Gasteiger partial charge in [-0.1, -0.05) is 12.1 Å². The molecule has 4 rings (SSSR count). The van der Waals surface area contributed by atoms with Crippen LogP contribution in [-0.4, -0.2) is 43.2 Å². The van der Waals surface area contributed by atoms with Crippen LogP contribution >= 0.6 is 0 Å². The number of nitriles is 1. The number of hydrogen-bond donors (Lipinski definition) is 1. The first kappa shape index (κ1) is 20.5. The minimum absolute atomic E-state index is 0.0499. The minimum Gasteiger partial charge on any atom is -0.484 e. The van der Waals surface area contributed by atoms with Crippen molar-refractivity contribution in [2.75, 3.05) is 31.8 Å². The number of nitrogens with zero attached hydrogens (tertiary/aromatic N) is 2. The van der Waals surface area contributed by atoms with Gasteiger partial charge >= 0.3 is 0 Å². The van der Waals surface area contributed by atoms with Crippen molar-refractivity contribution in [3.63, 3.8) is 0 Å². The monoisotopic (exact) mass is 421 g/mol. The number of nitrogens with one attached hydrogen (secondary N) is 1. The average molecular weight is 421 g/mol. The number of hydrogen-bond acceptors (Lipinski definition) is 6. The second-order valence-electron chi connectivity index (χ2n) is 7.48. The van der Waals surface area contributed by atoms with E-state index in [-0.39, 0.29) is 31.1 Å². The molecule has 2 aromatic rings. The first-order valence-corrected chi connectivity index (χ1v) is 10.2. The predicted molar refractivity (Wildman–Crippen MR) is 112 cm³/mol. The Labute approximate surface area is 180 Å². The van der Waals surface area contributed by atoms with Crippen LogP contribution in [0.15, 0.2) is 42.5 Å². The molecule has 160 valence electrons. The maximum atomic E-state index is 12.6. The Bertz CT molecular complexity index is 991. The Hall–Kier alpha value is -3.73. The van der Waals surface area contributed by atoms with Crippen LogP contribution in [0, 0.1) is 17.2 Å².